The first-order valence-corrected chi connectivity index (χ1v) is 7.05. The van der Waals surface area contributed by atoms with Crippen LogP contribution in [0.15, 0.2) is 0 Å². The van der Waals surface area contributed by atoms with Crippen molar-refractivity contribution in [2.45, 2.75) is 38.9 Å². The molecule has 0 aromatic carbocycles. The van der Waals surface area contributed by atoms with Gasteiger partial charge in [0, 0.05) is 13.1 Å². The van der Waals surface area contributed by atoms with Crippen molar-refractivity contribution in [3.05, 3.63) is 0 Å². The highest BCUT2D eigenvalue weighted by atomic mass is 32.2. The summed E-state index contributed by atoms with van der Waals surface area (Å²) in [6, 6.07) is 0. The summed E-state index contributed by atoms with van der Waals surface area (Å²) in [6.07, 6.45) is 1.72. The fourth-order valence-corrected chi connectivity index (χ4v) is 3.20. The maximum absolute atomic E-state index is 11.9. The van der Waals surface area contributed by atoms with Gasteiger partial charge in [-0.05, 0) is 24.8 Å². The summed E-state index contributed by atoms with van der Waals surface area (Å²) in [5.74, 6) is 0. The minimum atomic E-state index is -3.13. The van der Waals surface area contributed by atoms with E-state index in [-0.39, 0.29) is 10.7 Å². The second kappa shape index (κ2) is 4.80. The first-order valence-electron chi connectivity index (χ1n) is 5.50. The Kier molecular flexibility index (Phi) is 4.14. The lowest BCUT2D eigenvalue weighted by Gasteiger charge is -2.25. The highest BCUT2D eigenvalue weighted by molar-refractivity contribution is 7.90. The fourth-order valence-electron chi connectivity index (χ4n) is 1.52. The Labute approximate surface area is 92.9 Å². The first-order chi connectivity index (χ1) is 6.81. The van der Waals surface area contributed by atoms with E-state index >= 15 is 0 Å². The lowest BCUT2D eigenvalue weighted by molar-refractivity contribution is 0.403. The molecule has 0 bridgehead atoms. The van der Waals surface area contributed by atoms with Gasteiger partial charge < -0.3 is 5.32 Å². The van der Waals surface area contributed by atoms with Gasteiger partial charge in [-0.2, -0.15) is 0 Å². The Hall–Kier alpha value is -0.130. The van der Waals surface area contributed by atoms with Gasteiger partial charge in [-0.3, -0.25) is 0 Å². The van der Waals surface area contributed by atoms with Crippen LogP contribution in [0, 0.1) is 5.41 Å². The summed E-state index contributed by atoms with van der Waals surface area (Å²) in [5.41, 5.74) is -0.00480. The molecule has 15 heavy (non-hydrogen) atoms. The normalized spacial score (nSPS) is 24.1. The summed E-state index contributed by atoms with van der Waals surface area (Å²) in [7, 11) is -3.13. The van der Waals surface area contributed by atoms with Crippen LogP contribution in [-0.4, -0.2) is 33.3 Å². The zero-order valence-electron chi connectivity index (χ0n) is 9.84. The molecule has 1 heterocycles. The van der Waals surface area contributed by atoms with Crippen molar-refractivity contribution in [2.75, 3.05) is 19.6 Å². The first kappa shape index (κ1) is 12.9. The van der Waals surface area contributed by atoms with Crippen molar-refractivity contribution >= 4 is 10.0 Å². The van der Waals surface area contributed by atoms with Crippen LogP contribution >= 0.6 is 0 Å². The summed E-state index contributed by atoms with van der Waals surface area (Å²) in [4.78, 5) is 0. The molecule has 1 unspecified atom stereocenters. The number of hydrogen-bond acceptors (Lipinski definition) is 3. The standard InChI is InChI=1S/C10H22N2O2S/c1-10(2,3)8-12-15(13,14)9-5-4-6-11-7-9/h9,11-12H,4-8H2,1-3H3. The molecule has 4 nitrogen and oxygen atoms in total. The van der Waals surface area contributed by atoms with Gasteiger partial charge in [0.05, 0.1) is 5.25 Å². The summed E-state index contributed by atoms with van der Waals surface area (Å²) in [6.45, 7) is 8.09. The van der Waals surface area contributed by atoms with Gasteiger partial charge in [0.1, 0.15) is 0 Å². The van der Waals surface area contributed by atoms with Crippen molar-refractivity contribution in [2.24, 2.45) is 5.41 Å². The molecule has 1 fully saturated rings. The van der Waals surface area contributed by atoms with E-state index in [1.807, 2.05) is 20.8 Å². The van der Waals surface area contributed by atoms with Gasteiger partial charge in [0.15, 0.2) is 0 Å². The number of piperidine rings is 1. The van der Waals surface area contributed by atoms with Gasteiger partial charge in [-0.15, -0.1) is 0 Å². The molecule has 0 aliphatic carbocycles. The lowest BCUT2D eigenvalue weighted by Crippen LogP contribution is -2.46. The average molecular weight is 234 g/mol. The summed E-state index contributed by atoms with van der Waals surface area (Å²) < 4.78 is 26.5. The topological polar surface area (TPSA) is 58.2 Å². The second-order valence-electron chi connectivity index (χ2n) is 5.40. The van der Waals surface area contributed by atoms with Crippen LogP contribution in [0.2, 0.25) is 0 Å². The van der Waals surface area contributed by atoms with Crippen LogP contribution in [0.25, 0.3) is 0 Å². The quantitative estimate of drug-likeness (QED) is 0.756. The van der Waals surface area contributed by atoms with Crippen molar-refractivity contribution in [3.63, 3.8) is 0 Å². The van der Waals surface area contributed by atoms with E-state index in [1.54, 1.807) is 0 Å². The molecule has 5 heteroatoms. The molecule has 1 aliphatic heterocycles. The van der Waals surface area contributed by atoms with Gasteiger partial charge in [0.2, 0.25) is 10.0 Å². The Balaban J connectivity index is 2.51. The second-order valence-corrected chi connectivity index (χ2v) is 7.44. The van der Waals surface area contributed by atoms with Crippen LogP contribution in [0.5, 0.6) is 0 Å². The van der Waals surface area contributed by atoms with Crippen molar-refractivity contribution < 1.29 is 8.42 Å². The molecule has 0 spiro atoms. The minimum Gasteiger partial charge on any atom is -0.315 e. The Bertz CT molecular complexity index is 287. The highest BCUT2D eigenvalue weighted by Gasteiger charge is 2.27. The third-order valence-corrected chi connectivity index (χ3v) is 4.32. The smallest absolute Gasteiger partial charge is 0.215 e. The van der Waals surface area contributed by atoms with Crippen molar-refractivity contribution in [1.29, 1.82) is 0 Å². The Morgan fingerprint density at radius 1 is 1.40 bits per heavy atom. The molecule has 0 aromatic rings. The zero-order valence-corrected chi connectivity index (χ0v) is 10.7. The highest BCUT2D eigenvalue weighted by Crippen LogP contribution is 2.14. The van der Waals surface area contributed by atoms with Crippen LogP contribution in [0.1, 0.15) is 33.6 Å². The molecule has 1 rings (SSSR count). The van der Waals surface area contributed by atoms with Gasteiger partial charge in [0.25, 0.3) is 0 Å². The third kappa shape index (κ3) is 4.49. The van der Waals surface area contributed by atoms with Crippen molar-refractivity contribution in [1.82, 2.24) is 10.0 Å². The summed E-state index contributed by atoms with van der Waals surface area (Å²) >= 11 is 0. The molecule has 0 amide bonds. The zero-order chi connectivity index (χ0) is 11.5. The Morgan fingerprint density at radius 2 is 2.07 bits per heavy atom. The molecule has 0 radical (unpaired) electrons. The molecule has 1 atom stereocenters. The SMILES string of the molecule is CC(C)(C)CNS(=O)(=O)C1CCCNC1. The van der Waals surface area contributed by atoms with E-state index in [0.29, 0.717) is 13.1 Å². The van der Waals surface area contributed by atoms with E-state index in [2.05, 4.69) is 10.0 Å². The van der Waals surface area contributed by atoms with Crippen LogP contribution in [0.4, 0.5) is 0 Å². The largest absolute Gasteiger partial charge is 0.315 e. The molecule has 90 valence electrons. The summed E-state index contributed by atoms with van der Waals surface area (Å²) in [5, 5.41) is 2.86. The van der Waals surface area contributed by atoms with E-state index in [0.717, 1.165) is 19.4 Å². The fraction of sp³-hybridized carbons (Fsp3) is 1.00. The maximum Gasteiger partial charge on any atom is 0.215 e. The monoisotopic (exact) mass is 234 g/mol. The lowest BCUT2D eigenvalue weighted by atomic mass is 9.98. The molecular formula is C10H22N2O2S. The average Bonchev–Trinajstić information content (AvgIpc) is 2.16. The number of nitrogens with one attached hydrogen (secondary N) is 2. The van der Waals surface area contributed by atoms with Gasteiger partial charge in [-0.25, -0.2) is 13.1 Å². The van der Waals surface area contributed by atoms with E-state index in [1.165, 1.54) is 0 Å². The van der Waals surface area contributed by atoms with Gasteiger partial charge in [-0.1, -0.05) is 20.8 Å². The van der Waals surface area contributed by atoms with E-state index in [9.17, 15) is 8.42 Å². The molecule has 2 N–H and O–H groups in total. The molecule has 1 saturated heterocycles. The van der Waals surface area contributed by atoms with Crippen LogP contribution in [-0.2, 0) is 10.0 Å². The molecule has 0 saturated carbocycles. The van der Waals surface area contributed by atoms with Crippen molar-refractivity contribution in [3.8, 4) is 0 Å². The number of hydrogen-bond donors (Lipinski definition) is 2. The molecule has 1 aliphatic rings. The van der Waals surface area contributed by atoms with Crippen LogP contribution < -0.4 is 10.0 Å². The maximum atomic E-state index is 11.9. The van der Waals surface area contributed by atoms with E-state index in [4.69, 9.17) is 0 Å². The molecule has 0 aromatic heterocycles. The predicted octanol–water partition coefficient (Wildman–Crippen LogP) is 0.704. The minimum absolute atomic E-state index is 0.00480. The Morgan fingerprint density at radius 3 is 2.53 bits per heavy atom. The molecular weight excluding hydrogens is 212 g/mol. The van der Waals surface area contributed by atoms with E-state index < -0.39 is 10.0 Å². The predicted molar refractivity (Wildman–Crippen MR) is 62.3 cm³/mol. The van der Waals surface area contributed by atoms with Gasteiger partial charge >= 0.3 is 0 Å². The number of rotatable bonds is 3. The third-order valence-electron chi connectivity index (χ3n) is 2.49. The number of sulfonamides is 1. The van der Waals surface area contributed by atoms with Crippen LogP contribution in [0.3, 0.4) is 0 Å².